The molecule has 0 radical (unpaired) electrons. The maximum Gasteiger partial charge on any atom is 0.323 e. The highest BCUT2D eigenvalue weighted by Crippen LogP contribution is 2.12. The van der Waals surface area contributed by atoms with Gasteiger partial charge in [-0.2, -0.15) is 0 Å². The Morgan fingerprint density at radius 3 is 2.30 bits per heavy atom. The zero-order valence-electron chi connectivity index (χ0n) is 10.4. The Kier molecular flexibility index (Phi) is 4.27. The molecule has 0 heterocycles. The van der Waals surface area contributed by atoms with Crippen LogP contribution in [0.2, 0.25) is 0 Å². The maximum absolute atomic E-state index is 13.0. The third-order valence-electron chi connectivity index (χ3n) is 2.51. The SMILES string of the molecule is NC(=S)c1ccc(NC(=O)Nc2cccc(F)c2)cc1. The van der Waals surface area contributed by atoms with Crippen LogP contribution >= 0.6 is 12.2 Å². The van der Waals surface area contributed by atoms with Crippen LogP contribution < -0.4 is 16.4 Å². The summed E-state index contributed by atoms with van der Waals surface area (Å²) in [6.07, 6.45) is 0. The van der Waals surface area contributed by atoms with Crippen LogP contribution in [0, 0.1) is 5.82 Å². The number of nitrogens with two attached hydrogens (primary N) is 1. The summed E-state index contributed by atoms with van der Waals surface area (Å²) in [6, 6.07) is 12.0. The van der Waals surface area contributed by atoms with Crippen molar-refractivity contribution < 1.29 is 9.18 Å². The van der Waals surface area contributed by atoms with Gasteiger partial charge in [-0.3, -0.25) is 0 Å². The summed E-state index contributed by atoms with van der Waals surface area (Å²) in [7, 11) is 0. The number of benzene rings is 2. The fourth-order valence-electron chi connectivity index (χ4n) is 1.58. The highest BCUT2D eigenvalue weighted by molar-refractivity contribution is 7.80. The van der Waals surface area contributed by atoms with Crippen molar-refractivity contribution in [2.24, 2.45) is 5.73 Å². The van der Waals surface area contributed by atoms with Gasteiger partial charge in [0, 0.05) is 16.9 Å². The molecular formula is C14H12FN3OS. The van der Waals surface area contributed by atoms with Crippen molar-refractivity contribution in [1.29, 1.82) is 0 Å². The molecule has 4 N–H and O–H groups in total. The Balaban J connectivity index is 1.99. The molecule has 0 fully saturated rings. The average Bonchev–Trinajstić information content (AvgIpc) is 2.39. The Bertz CT molecular complexity index is 643. The first kappa shape index (κ1) is 14.0. The first-order valence-electron chi connectivity index (χ1n) is 5.78. The minimum Gasteiger partial charge on any atom is -0.389 e. The van der Waals surface area contributed by atoms with Crippen molar-refractivity contribution in [3.05, 3.63) is 59.9 Å². The van der Waals surface area contributed by atoms with Gasteiger partial charge in [0.25, 0.3) is 0 Å². The van der Waals surface area contributed by atoms with E-state index >= 15 is 0 Å². The molecular weight excluding hydrogens is 277 g/mol. The first-order chi connectivity index (χ1) is 9.54. The van der Waals surface area contributed by atoms with Gasteiger partial charge in [0.05, 0.1) is 0 Å². The molecule has 4 nitrogen and oxygen atoms in total. The third-order valence-corrected chi connectivity index (χ3v) is 2.75. The molecule has 20 heavy (non-hydrogen) atoms. The molecule has 0 aliphatic rings. The van der Waals surface area contributed by atoms with E-state index in [2.05, 4.69) is 10.6 Å². The van der Waals surface area contributed by atoms with Crippen molar-refractivity contribution in [3.63, 3.8) is 0 Å². The lowest BCUT2D eigenvalue weighted by Gasteiger charge is -2.08. The van der Waals surface area contributed by atoms with Gasteiger partial charge in [-0.15, -0.1) is 0 Å². The topological polar surface area (TPSA) is 67.1 Å². The highest BCUT2D eigenvalue weighted by atomic mass is 32.1. The van der Waals surface area contributed by atoms with Gasteiger partial charge in [0.15, 0.2) is 0 Å². The second-order valence-electron chi connectivity index (χ2n) is 4.03. The minimum absolute atomic E-state index is 0.292. The minimum atomic E-state index is -0.460. The number of rotatable bonds is 3. The van der Waals surface area contributed by atoms with Crippen molar-refractivity contribution in [2.45, 2.75) is 0 Å². The van der Waals surface area contributed by atoms with E-state index in [1.165, 1.54) is 18.2 Å². The molecule has 0 aliphatic carbocycles. The van der Waals surface area contributed by atoms with Gasteiger partial charge in [-0.25, -0.2) is 9.18 Å². The van der Waals surface area contributed by atoms with Crippen LogP contribution in [-0.4, -0.2) is 11.0 Å². The van der Waals surface area contributed by atoms with Crippen LogP contribution in [0.1, 0.15) is 5.56 Å². The lowest BCUT2D eigenvalue weighted by molar-refractivity contribution is 0.262. The molecule has 2 aromatic rings. The Hall–Kier alpha value is -2.47. The lowest BCUT2D eigenvalue weighted by atomic mass is 10.2. The van der Waals surface area contributed by atoms with E-state index in [4.69, 9.17) is 18.0 Å². The van der Waals surface area contributed by atoms with Gasteiger partial charge in [0.1, 0.15) is 10.8 Å². The number of hydrogen-bond donors (Lipinski definition) is 3. The maximum atomic E-state index is 13.0. The summed E-state index contributed by atoms with van der Waals surface area (Å²) < 4.78 is 13.0. The normalized spacial score (nSPS) is 9.85. The predicted octanol–water partition coefficient (Wildman–Crippen LogP) is 3.10. The molecule has 0 spiro atoms. The summed E-state index contributed by atoms with van der Waals surface area (Å²) >= 11 is 4.83. The van der Waals surface area contributed by atoms with E-state index < -0.39 is 11.8 Å². The molecule has 0 atom stereocenters. The summed E-state index contributed by atoms with van der Waals surface area (Å²) in [4.78, 5) is 12.0. The molecule has 2 rings (SSSR count). The number of thiocarbonyl (C=S) groups is 1. The van der Waals surface area contributed by atoms with E-state index in [-0.39, 0.29) is 0 Å². The number of halogens is 1. The largest absolute Gasteiger partial charge is 0.389 e. The molecule has 0 saturated carbocycles. The molecule has 0 unspecified atom stereocenters. The molecule has 0 bridgehead atoms. The molecule has 0 aliphatic heterocycles. The second kappa shape index (κ2) is 6.12. The van der Waals surface area contributed by atoms with Crippen molar-refractivity contribution in [1.82, 2.24) is 0 Å². The summed E-state index contributed by atoms with van der Waals surface area (Å²) in [5.74, 6) is -0.413. The van der Waals surface area contributed by atoms with Crippen LogP contribution in [0.15, 0.2) is 48.5 Å². The van der Waals surface area contributed by atoms with Gasteiger partial charge in [-0.1, -0.05) is 18.3 Å². The van der Waals surface area contributed by atoms with E-state index in [9.17, 15) is 9.18 Å². The highest BCUT2D eigenvalue weighted by Gasteiger charge is 2.04. The van der Waals surface area contributed by atoms with E-state index in [0.29, 0.717) is 16.4 Å². The number of hydrogen-bond acceptors (Lipinski definition) is 2. The smallest absolute Gasteiger partial charge is 0.323 e. The average molecular weight is 289 g/mol. The predicted molar refractivity (Wildman–Crippen MR) is 81.4 cm³/mol. The van der Waals surface area contributed by atoms with Crippen LogP contribution in [0.5, 0.6) is 0 Å². The number of carbonyl (C=O) groups is 1. The lowest BCUT2D eigenvalue weighted by Crippen LogP contribution is -2.19. The van der Waals surface area contributed by atoms with Crippen molar-refractivity contribution >= 4 is 34.6 Å². The molecule has 0 saturated heterocycles. The zero-order valence-corrected chi connectivity index (χ0v) is 11.2. The van der Waals surface area contributed by atoms with Gasteiger partial charge in [0.2, 0.25) is 0 Å². The molecule has 6 heteroatoms. The quantitative estimate of drug-likeness (QED) is 0.761. The fraction of sp³-hybridized carbons (Fsp3) is 0. The number of urea groups is 1. The van der Waals surface area contributed by atoms with Gasteiger partial charge >= 0.3 is 6.03 Å². The summed E-state index contributed by atoms with van der Waals surface area (Å²) in [5.41, 5.74) is 7.16. The first-order valence-corrected chi connectivity index (χ1v) is 6.19. The number of nitrogens with one attached hydrogen (secondary N) is 2. The molecule has 2 aromatic carbocycles. The van der Waals surface area contributed by atoms with Crippen molar-refractivity contribution in [3.8, 4) is 0 Å². The number of carbonyl (C=O) groups excluding carboxylic acids is 1. The van der Waals surface area contributed by atoms with Crippen LogP contribution in [-0.2, 0) is 0 Å². The van der Waals surface area contributed by atoms with Gasteiger partial charge in [-0.05, 0) is 42.5 Å². The summed E-state index contributed by atoms with van der Waals surface area (Å²) in [5, 5.41) is 5.15. The molecule has 0 aromatic heterocycles. The Labute approximate surface area is 120 Å². The molecule has 2 amide bonds. The Morgan fingerprint density at radius 2 is 1.70 bits per heavy atom. The Morgan fingerprint density at radius 1 is 1.05 bits per heavy atom. The standard InChI is InChI=1S/C14H12FN3OS/c15-10-2-1-3-12(8-10)18-14(19)17-11-6-4-9(5-7-11)13(16)20/h1-8H,(H2,16,20)(H2,17,18,19). The van der Waals surface area contributed by atoms with E-state index in [1.807, 2.05) is 0 Å². The van der Waals surface area contributed by atoms with Crippen LogP contribution in [0.4, 0.5) is 20.6 Å². The van der Waals surface area contributed by atoms with Crippen LogP contribution in [0.3, 0.4) is 0 Å². The summed E-state index contributed by atoms with van der Waals surface area (Å²) in [6.45, 7) is 0. The number of amides is 2. The number of anilines is 2. The zero-order chi connectivity index (χ0) is 14.5. The second-order valence-corrected chi connectivity index (χ2v) is 4.47. The van der Waals surface area contributed by atoms with Crippen molar-refractivity contribution in [2.75, 3.05) is 10.6 Å². The third kappa shape index (κ3) is 3.76. The fourth-order valence-corrected chi connectivity index (χ4v) is 1.71. The molecule has 102 valence electrons. The van der Waals surface area contributed by atoms with E-state index in [1.54, 1.807) is 30.3 Å². The monoisotopic (exact) mass is 289 g/mol. The van der Waals surface area contributed by atoms with E-state index in [0.717, 1.165) is 5.56 Å². The van der Waals surface area contributed by atoms with Crippen LogP contribution in [0.25, 0.3) is 0 Å². The van der Waals surface area contributed by atoms with Gasteiger partial charge < -0.3 is 16.4 Å².